The first-order valence-electron chi connectivity index (χ1n) is 9.61. The number of carboxylic acid groups (broad SMARTS) is 1. The number of benzene rings is 2. The van der Waals surface area contributed by atoms with E-state index in [9.17, 15) is 14.7 Å². The molecule has 0 saturated heterocycles. The number of amides is 1. The Bertz CT molecular complexity index is 857. The van der Waals surface area contributed by atoms with Gasteiger partial charge in [-0.25, -0.2) is 4.79 Å². The van der Waals surface area contributed by atoms with Crippen LogP contribution >= 0.6 is 0 Å². The fraction of sp³-hybridized carbons (Fsp3) is 0.391. The van der Waals surface area contributed by atoms with Crippen molar-refractivity contribution in [2.24, 2.45) is 0 Å². The van der Waals surface area contributed by atoms with Crippen LogP contribution < -0.4 is 5.11 Å². The SMILES string of the molecule is CN(C(=O)OCC1c2ccccc2-c2ccccc21)[C@@H](COC(C)(C)C)C(=O)[O-]. The van der Waals surface area contributed by atoms with Gasteiger partial charge >= 0.3 is 6.09 Å². The van der Waals surface area contributed by atoms with Crippen LogP contribution in [0.4, 0.5) is 4.79 Å². The number of carboxylic acids is 1. The van der Waals surface area contributed by atoms with Crippen molar-refractivity contribution in [3.63, 3.8) is 0 Å². The lowest BCUT2D eigenvalue weighted by Crippen LogP contribution is -2.52. The Balaban J connectivity index is 1.70. The highest BCUT2D eigenvalue weighted by Gasteiger charge is 2.30. The quantitative estimate of drug-likeness (QED) is 0.750. The zero-order valence-corrected chi connectivity index (χ0v) is 17.2. The fourth-order valence-electron chi connectivity index (χ4n) is 3.49. The predicted octanol–water partition coefficient (Wildman–Crippen LogP) is 2.80. The van der Waals surface area contributed by atoms with Crippen molar-refractivity contribution in [1.29, 1.82) is 0 Å². The van der Waals surface area contributed by atoms with Crippen molar-refractivity contribution < 1.29 is 24.2 Å². The summed E-state index contributed by atoms with van der Waals surface area (Å²) < 4.78 is 11.0. The van der Waals surface area contributed by atoms with Gasteiger partial charge < -0.3 is 24.3 Å². The van der Waals surface area contributed by atoms with E-state index in [-0.39, 0.29) is 19.1 Å². The molecule has 3 rings (SSSR count). The third-order valence-electron chi connectivity index (χ3n) is 5.04. The highest BCUT2D eigenvalue weighted by Crippen LogP contribution is 2.44. The highest BCUT2D eigenvalue weighted by molar-refractivity contribution is 5.80. The van der Waals surface area contributed by atoms with Gasteiger partial charge in [0.25, 0.3) is 0 Å². The van der Waals surface area contributed by atoms with E-state index >= 15 is 0 Å². The zero-order chi connectivity index (χ0) is 21.2. The molecule has 0 heterocycles. The molecule has 2 aromatic carbocycles. The smallest absolute Gasteiger partial charge is 0.410 e. The summed E-state index contributed by atoms with van der Waals surface area (Å²) in [6.45, 7) is 5.38. The van der Waals surface area contributed by atoms with Crippen LogP contribution in [0.5, 0.6) is 0 Å². The summed E-state index contributed by atoms with van der Waals surface area (Å²) >= 11 is 0. The Morgan fingerprint density at radius 3 is 2.03 bits per heavy atom. The lowest BCUT2D eigenvalue weighted by atomic mass is 9.98. The minimum absolute atomic E-state index is 0.0908. The lowest BCUT2D eigenvalue weighted by Gasteiger charge is -2.31. The van der Waals surface area contributed by atoms with Crippen molar-refractivity contribution in [3.8, 4) is 11.1 Å². The highest BCUT2D eigenvalue weighted by atomic mass is 16.6. The number of ether oxygens (including phenoxy) is 2. The van der Waals surface area contributed by atoms with E-state index in [0.717, 1.165) is 27.2 Å². The van der Waals surface area contributed by atoms with Crippen LogP contribution in [0.15, 0.2) is 48.5 Å². The molecule has 1 amide bonds. The van der Waals surface area contributed by atoms with E-state index in [1.54, 1.807) is 0 Å². The molecule has 0 saturated carbocycles. The average molecular weight is 396 g/mol. The number of hydrogen-bond donors (Lipinski definition) is 0. The molecule has 0 aliphatic heterocycles. The molecule has 6 nitrogen and oxygen atoms in total. The predicted molar refractivity (Wildman–Crippen MR) is 107 cm³/mol. The molecule has 0 N–H and O–H groups in total. The van der Waals surface area contributed by atoms with E-state index < -0.39 is 23.7 Å². The second kappa shape index (κ2) is 8.25. The maximum atomic E-state index is 12.6. The number of aliphatic carboxylic acids is 1. The number of nitrogens with zero attached hydrogens (tertiary/aromatic N) is 1. The van der Waals surface area contributed by atoms with Gasteiger partial charge in [-0.05, 0) is 43.0 Å². The maximum Gasteiger partial charge on any atom is 0.410 e. The van der Waals surface area contributed by atoms with Crippen molar-refractivity contribution in [1.82, 2.24) is 4.90 Å². The van der Waals surface area contributed by atoms with Gasteiger partial charge in [0.1, 0.15) is 6.61 Å². The molecule has 0 aromatic heterocycles. The molecular formula is C23H26NO5-. The van der Waals surface area contributed by atoms with Gasteiger partial charge in [-0.15, -0.1) is 0 Å². The number of hydrogen-bond acceptors (Lipinski definition) is 5. The number of rotatable bonds is 6. The topological polar surface area (TPSA) is 78.9 Å². The monoisotopic (exact) mass is 396 g/mol. The number of likely N-dealkylation sites (N-methyl/N-ethyl adjacent to an activating group) is 1. The molecule has 0 fully saturated rings. The van der Waals surface area contributed by atoms with Gasteiger partial charge in [-0.1, -0.05) is 48.5 Å². The summed E-state index contributed by atoms with van der Waals surface area (Å²) in [6, 6.07) is 14.8. The Kier molecular flexibility index (Phi) is 5.94. The average Bonchev–Trinajstić information content (AvgIpc) is 2.99. The molecule has 2 aromatic rings. The maximum absolute atomic E-state index is 12.6. The number of carbonyl (C=O) groups is 2. The van der Waals surface area contributed by atoms with Crippen molar-refractivity contribution >= 4 is 12.1 Å². The molecule has 0 spiro atoms. The summed E-state index contributed by atoms with van der Waals surface area (Å²) in [5, 5.41) is 11.5. The van der Waals surface area contributed by atoms with Gasteiger partial charge in [-0.2, -0.15) is 0 Å². The van der Waals surface area contributed by atoms with E-state index in [0.29, 0.717) is 0 Å². The van der Waals surface area contributed by atoms with Crippen LogP contribution in [0.1, 0.15) is 37.8 Å². The Morgan fingerprint density at radius 2 is 1.55 bits per heavy atom. The summed E-state index contributed by atoms with van der Waals surface area (Å²) in [6.07, 6.45) is -0.724. The summed E-state index contributed by atoms with van der Waals surface area (Å²) in [4.78, 5) is 25.1. The first-order chi connectivity index (χ1) is 13.7. The van der Waals surface area contributed by atoms with Crippen LogP contribution in [0.2, 0.25) is 0 Å². The molecule has 0 radical (unpaired) electrons. The van der Waals surface area contributed by atoms with Crippen LogP contribution in [-0.2, 0) is 14.3 Å². The Morgan fingerprint density at radius 1 is 1.03 bits per heavy atom. The van der Waals surface area contributed by atoms with Crippen LogP contribution in [-0.4, -0.2) is 48.9 Å². The lowest BCUT2D eigenvalue weighted by molar-refractivity contribution is -0.312. The van der Waals surface area contributed by atoms with Crippen molar-refractivity contribution in [2.45, 2.75) is 38.3 Å². The van der Waals surface area contributed by atoms with Crippen molar-refractivity contribution in [2.75, 3.05) is 20.3 Å². The third-order valence-corrected chi connectivity index (χ3v) is 5.04. The molecular weight excluding hydrogens is 370 g/mol. The van der Waals surface area contributed by atoms with Crippen LogP contribution in [0.3, 0.4) is 0 Å². The molecule has 6 heteroatoms. The van der Waals surface area contributed by atoms with Crippen molar-refractivity contribution in [3.05, 3.63) is 59.7 Å². The molecule has 1 aliphatic carbocycles. The number of fused-ring (bicyclic) bond motifs is 3. The molecule has 0 unspecified atom stereocenters. The van der Waals surface area contributed by atoms with E-state index in [1.807, 2.05) is 57.2 Å². The summed E-state index contributed by atoms with van der Waals surface area (Å²) in [7, 11) is 1.38. The minimum atomic E-state index is -1.38. The summed E-state index contributed by atoms with van der Waals surface area (Å²) in [5.74, 6) is -1.47. The molecule has 29 heavy (non-hydrogen) atoms. The molecule has 154 valence electrons. The zero-order valence-electron chi connectivity index (χ0n) is 17.2. The largest absolute Gasteiger partial charge is 0.548 e. The van der Waals surface area contributed by atoms with Crippen LogP contribution in [0.25, 0.3) is 11.1 Å². The van der Waals surface area contributed by atoms with Gasteiger partial charge in [0.2, 0.25) is 0 Å². The Labute approximate surface area is 171 Å². The molecule has 1 atom stereocenters. The second-order valence-corrected chi connectivity index (χ2v) is 8.17. The summed E-state index contributed by atoms with van der Waals surface area (Å²) in [5.41, 5.74) is 3.91. The Hall–Kier alpha value is -2.86. The standard InChI is InChI=1S/C23H27NO5/c1-23(2,3)29-14-20(21(25)26)24(4)22(27)28-13-19-17-11-7-5-9-15(17)16-10-6-8-12-18(16)19/h5-12,19-20H,13-14H2,1-4H3,(H,25,26)/p-1/t20-/m0/s1. The van der Waals surface area contributed by atoms with Gasteiger partial charge in [0.05, 0.1) is 24.2 Å². The second-order valence-electron chi connectivity index (χ2n) is 8.17. The van der Waals surface area contributed by atoms with E-state index in [1.165, 1.54) is 7.05 Å². The van der Waals surface area contributed by atoms with Gasteiger partial charge in [0, 0.05) is 13.0 Å². The fourth-order valence-corrected chi connectivity index (χ4v) is 3.49. The van der Waals surface area contributed by atoms with E-state index in [2.05, 4.69) is 12.1 Å². The number of carbonyl (C=O) groups excluding carboxylic acids is 2. The molecule has 1 aliphatic rings. The van der Waals surface area contributed by atoms with E-state index in [4.69, 9.17) is 9.47 Å². The van der Waals surface area contributed by atoms with Gasteiger partial charge in [0.15, 0.2) is 0 Å². The third kappa shape index (κ3) is 4.59. The van der Waals surface area contributed by atoms with Crippen LogP contribution in [0, 0.1) is 0 Å². The first-order valence-corrected chi connectivity index (χ1v) is 9.61. The minimum Gasteiger partial charge on any atom is -0.548 e. The normalized spacial score (nSPS) is 14.1. The first kappa shape index (κ1) is 20.9. The van der Waals surface area contributed by atoms with Gasteiger partial charge in [-0.3, -0.25) is 0 Å². The molecule has 0 bridgehead atoms.